The van der Waals surface area contributed by atoms with Crippen LogP contribution in [0.25, 0.3) is 0 Å². The highest BCUT2D eigenvalue weighted by molar-refractivity contribution is 8.01. The summed E-state index contributed by atoms with van der Waals surface area (Å²) in [7, 11) is -3.19. The molecule has 0 aromatic carbocycles. The zero-order valence-electron chi connectivity index (χ0n) is 11.5. The fourth-order valence-corrected chi connectivity index (χ4v) is 4.98. The first-order valence-corrected chi connectivity index (χ1v) is 9.26. The normalized spacial score (nSPS) is 19.9. The van der Waals surface area contributed by atoms with E-state index in [2.05, 4.69) is 4.98 Å². The lowest BCUT2D eigenvalue weighted by atomic mass is 10.2. The molecule has 1 saturated heterocycles. The Bertz CT molecular complexity index is 630. The minimum Gasteiger partial charge on any atom is -0.384 e. The molecule has 1 atom stereocenters. The van der Waals surface area contributed by atoms with E-state index in [9.17, 15) is 8.42 Å². The maximum atomic E-state index is 11.9. The Morgan fingerprint density at radius 1 is 1.55 bits per heavy atom. The van der Waals surface area contributed by atoms with Crippen LogP contribution in [0.4, 0.5) is 5.82 Å². The number of rotatable bonds is 3. The fraction of sp³-hybridized carbons (Fsp3) is 0.500. The highest BCUT2D eigenvalue weighted by Gasteiger charge is 2.32. The number of aryl methyl sites for hydroxylation is 1. The van der Waals surface area contributed by atoms with Crippen molar-refractivity contribution in [3.05, 3.63) is 23.4 Å². The van der Waals surface area contributed by atoms with Crippen LogP contribution in [0.3, 0.4) is 0 Å². The molecule has 20 heavy (non-hydrogen) atoms. The van der Waals surface area contributed by atoms with Gasteiger partial charge >= 0.3 is 0 Å². The number of hydrogen-bond acceptors (Lipinski definition) is 6. The predicted octanol–water partition coefficient (Wildman–Crippen LogP) is 0.598. The Hall–Kier alpha value is -1.28. The van der Waals surface area contributed by atoms with Gasteiger partial charge in [-0.15, -0.1) is 0 Å². The number of amidine groups is 1. The van der Waals surface area contributed by atoms with Gasteiger partial charge in [0.15, 0.2) is 9.84 Å². The number of nitrogens with zero attached hydrogens (tertiary/aromatic N) is 2. The number of sulfone groups is 1. The monoisotopic (exact) mass is 314 g/mol. The van der Waals surface area contributed by atoms with Crippen molar-refractivity contribution in [2.45, 2.75) is 12.3 Å². The Balaban J connectivity index is 2.45. The van der Waals surface area contributed by atoms with Crippen molar-refractivity contribution in [3.8, 4) is 0 Å². The lowest BCUT2D eigenvalue weighted by Crippen LogP contribution is -2.47. The number of anilines is 1. The average Bonchev–Trinajstić information content (AvgIpc) is 2.37. The van der Waals surface area contributed by atoms with Crippen molar-refractivity contribution >= 4 is 33.3 Å². The second-order valence-electron chi connectivity index (χ2n) is 4.82. The number of aromatic nitrogens is 1. The summed E-state index contributed by atoms with van der Waals surface area (Å²) in [5.74, 6) is 1.92. The van der Waals surface area contributed by atoms with E-state index in [0.717, 1.165) is 11.4 Å². The van der Waals surface area contributed by atoms with Crippen LogP contribution in [0.1, 0.15) is 11.3 Å². The third-order valence-electron chi connectivity index (χ3n) is 3.12. The van der Waals surface area contributed by atoms with Crippen molar-refractivity contribution < 1.29 is 8.42 Å². The summed E-state index contributed by atoms with van der Waals surface area (Å²) in [6, 6.07) is 3.41. The smallest absolute Gasteiger partial charge is 0.169 e. The molecule has 1 unspecified atom stereocenters. The van der Waals surface area contributed by atoms with Gasteiger partial charge in [0.05, 0.1) is 0 Å². The van der Waals surface area contributed by atoms with Crippen molar-refractivity contribution in [1.29, 1.82) is 5.41 Å². The summed E-state index contributed by atoms with van der Waals surface area (Å²) < 4.78 is 23.8. The molecular weight excluding hydrogens is 296 g/mol. The molecule has 1 aromatic heterocycles. The number of thioether (sulfide) groups is 1. The third-order valence-corrected chi connectivity index (χ3v) is 5.77. The lowest BCUT2D eigenvalue weighted by molar-refractivity contribution is 0.583. The molecule has 1 fully saturated rings. The molecule has 6 nitrogen and oxygen atoms in total. The van der Waals surface area contributed by atoms with Crippen molar-refractivity contribution in [1.82, 2.24) is 4.98 Å². The summed E-state index contributed by atoms with van der Waals surface area (Å²) in [5.41, 5.74) is 6.80. The van der Waals surface area contributed by atoms with E-state index in [-0.39, 0.29) is 5.84 Å². The molecule has 2 heterocycles. The Morgan fingerprint density at radius 3 is 2.85 bits per heavy atom. The summed E-state index contributed by atoms with van der Waals surface area (Å²) in [4.78, 5) is 6.20. The number of nitrogens with one attached hydrogen (secondary N) is 1. The quantitative estimate of drug-likeness (QED) is 0.626. The minimum atomic E-state index is -3.19. The van der Waals surface area contributed by atoms with Gasteiger partial charge in [-0.05, 0) is 19.1 Å². The molecule has 0 spiro atoms. The van der Waals surface area contributed by atoms with Gasteiger partial charge in [0, 0.05) is 35.6 Å². The van der Waals surface area contributed by atoms with Gasteiger partial charge in [-0.25, -0.2) is 13.4 Å². The SMILES string of the molecule is Cc1cc(C(=N)N)cc(N2CCSCC2S(C)(=O)=O)n1. The molecule has 110 valence electrons. The van der Waals surface area contributed by atoms with Crippen LogP contribution in [0, 0.1) is 12.3 Å². The van der Waals surface area contributed by atoms with Gasteiger partial charge in [-0.3, -0.25) is 5.41 Å². The van der Waals surface area contributed by atoms with Crippen molar-refractivity contribution in [3.63, 3.8) is 0 Å². The van der Waals surface area contributed by atoms with Crippen molar-refractivity contribution in [2.24, 2.45) is 5.73 Å². The van der Waals surface area contributed by atoms with Crippen LogP contribution in [-0.2, 0) is 9.84 Å². The van der Waals surface area contributed by atoms with E-state index in [0.29, 0.717) is 23.7 Å². The number of hydrogen-bond donors (Lipinski definition) is 2. The maximum absolute atomic E-state index is 11.9. The third kappa shape index (κ3) is 3.24. The standard InChI is InChI=1S/C12H18N4O2S2/c1-8-5-9(12(13)14)6-10(15-8)16-3-4-19-7-11(16)20(2,17)18/h5-6,11H,3-4,7H2,1-2H3,(H3,13,14). The van der Waals surface area contributed by atoms with Gasteiger partial charge in [0.25, 0.3) is 0 Å². The maximum Gasteiger partial charge on any atom is 0.169 e. The highest BCUT2D eigenvalue weighted by Crippen LogP contribution is 2.26. The van der Waals surface area contributed by atoms with Crippen LogP contribution in [0.15, 0.2) is 12.1 Å². The van der Waals surface area contributed by atoms with Gasteiger partial charge in [-0.1, -0.05) is 0 Å². The Kier molecular flexibility index (Phi) is 4.24. The number of pyridine rings is 1. The first-order valence-electron chi connectivity index (χ1n) is 6.15. The minimum absolute atomic E-state index is 0.0426. The highest BCUT2D eigenvalue weighted by atomic mass is 32.2. The summed E-state index contributed by atoms with van der Waals surface area (Å²) in [6.07, 6.45) is 1.25. The largest absolute Gasteiger partial charge is 0.384 e. The first-order chi connectivity index (χ1) is 9.29. The molecular formula is C12H18N4O2S2. The van der Waals surface area contributed by atoms with E-state index >= 15 is 0 Å². The topological polar surface area (TPSA) is 100 Å². The lowest BCUT2D eigenvalue weighted by Gasteiger charge is -2.35. The zero-order valence-corrected chi connectivity index (χ0v) is 13.1. The number of nitrogen functional groups attached to an aromatic ring is 1. The van der Waals surface area contributed by atoms with Gasteiger partial charge in [0.2, 0.25) is 0 Å². The Morgan fingerprint density at radius 2 is 2.25 bits per heavy atom. The zero-order chi connectivity index (χ0) is 14.9. The van der Waals surface area contributed by atoms with Gasteiger partial charge in [-0.2, -0.15) is 11.8 Å². The molecule has 1 aliphatic heterocycles. The van der Waals surface area contributed by atoms with Crippen LogP contribution in [-0.4, -0.2) is 48.9 Å². The van der Waals surface area contributed by atoms with Crippen molar-refractivity contribution in [2.75, 3.05) is 29.2 Å². The van der Waals surface area contributed by atoms with E-state index in [1.165, 1.54) is 6.26 Å². The van der Waals surface area contributed by atoms with E-state index in [4.69, 9.17) is 11.1 Å². The number of nitrogens with two attached hydrogens (primary N) is 1. The average molecular weight is 314 g/mol. The molecule has 2 rings (SSSR count). The molecule has 8 heteroatoms. The van der Waals surface area contributed by atoms with Gasteiger partial charge < -0.3 is 10.6 Å². The summed E-state index contributed by atoms with van der Waals surface area (Å²) in [6.45, 7) is 2.43. The van der Waals surface area contributed by atoms with E-state index in [1.54, 1.807) is 28.8 Å². The fourth-order valence-electron chi connectivity index (χ4n) is 2.15. The molecule has 0 radical (unpaired) electrons. The summed E-state index contributed by atoms with van der Waals surface area (Å²) in [5, 5.41) is 6.95. The second-order valence-corrected chi connectivity index (χ2v) is 8.17. The van der Waals surface area contributed by atoms with Crippen LogP contribution in [0.2, 0.25) is 0 Å². The molecule has 0 aliphatic carbocycles. The van der Waals surface area contributed by atoms with Crippen LogP contribution >= 0.6 is 11.8 Å². The van der Waals surface area contributed by atoms with Gasteiger partial charge in [0.1, 0.15) is 17.0 Å². The Labute approximate surface area is 123 Å². The molecule has 0 bridgehead atoms. The van der Waals surface area contributed by atoms with E-state index < -0.39 is 15.2 Å². The molecule has 0 saturated carbocycles. The molecule has 1 aromatic rings. The predicted molar refractivity (Wildman–Crippen MR) is 83.3 cm³/mol. The summed E-state index contributed by atoms with van der Waals surface area (Å²) >= 11 is 1.63. The van der Waals surface area contributed by atoms with Crippen LogP contribution < -0.4 is 10.6 Å². The first kappa shape index (κ1) is 15.1. The van der Waals surface area contributed by atoms with E-state index in [1.807, 2.05) is 6.92 Å². The molecule has 3 N–H and O–H groups in total. The molecule has 1 aliphatic rings. The second kappa shape index (κ2) is 5.61. The molecule has 0 amide bonds. The van der Waals surface area contributed by atoms with Crippen LogP contribution in [0.5, 0.6) is 0 Å².